The first-order chi connectivity index (χ1) is 8.33. The van der Waals surface area contributed by atoms with Gasteiger partial charge in [-0.25, -0.2) is 0 Å². The van der Waals surface area contributed by atoms with Crippen LogP contribution in [0.3, 0.4) is 0 Å². The van der Waals surface area contributed by atoms with Gasteiger partial charge in [0.25, 0.3) is 0 Å². The minimum absolute atomic E-state index is 0.206. The van der Waals surface area contributed by atoms with Gasteiger partial charge in [0.1, 0.15) is 11.7 Å². The van der Waals surface area contributed by atoms with E-state index in [1.807, 2.05) is 24.5 Å². The molecule has 1 aliphatic carbocycles. The smallest absolute Gasteiger partial charge is 0.133 e. The summed E-state index contributed by atoms with van der Waals surface area (Å²) in [7, 11) is 0. The van der Waals surface area contributed by atoms with Crippen LogP contribution < -0.4 is 4.74 Å². The summed E-state index contributed by atoms with van der Waals surface area (Å²) in [6.07, 6.45) is 6.16. The maximum atomic E-state index is 10.1. The molecule has 0 amide bonds. The van der Waals surface area contributed by atoms with Crippen LogP contribution in [0.15, 0.2) is 24.3 Å². The van der Waals surface area contributed by atoms with E-state index in [0.29, 0.717) is 5.94 Å². The standard InChI is InChI=1S/C14H20O2S/c1-17-10-16-14-9-5-3-7-12(14)11-6-2-4-8-13(11)15/h3,5,7,9,11,13,15H,2,4,6,8,10H2,1H3/t11-,13+/m0/s1. The summed E-state index contributed by atoms with van der Waals surface area (Å²) < 4.78 is 5.74. The van der Waals surface area contributed by atoms with Crippen molar-refractivity contribution in [3.63, 3.8) is 0 Å². The average Bonchev–Trinajstić information content (AvgIpc) is 2.37. The van der Waals surface area contributed by atoms with Gasteiger partial charge in [0, 0.05) is 5.92 Å². The van der Waals surface area contributed by atoms with E-state index in [1.54, 1.807) is 11.8 Å². The topological polar surface area (TPSA) is 29.5 Å². The van der Waals surface area contributed by atoms with Crippen molar-refractivity contribution in [2.24, 2.45) is 0 Å². The fraction of sp³-hybridized carbons (Fsp3) is 0.571. The Kier molecular flexibility index (Phi) is 4.75. The number of aliphatic hydroxyl groups excluding tert-OH is 1. The van der Waals surface area contributed by atoms with Crippen molar-refractivity contribution < 1.29 is 9.84 Å². The molecule has 0 saturated heterocycles. The van der Waals surface area contributed by atoms with Crippen LogP contribution in [0.25, 0.3) is 0 Å². The van der Waals surface area contributed by atoms with E-state index in [2.05, 4.69) is 6.07 Å². The number of hydrogen-bond acceptors (Lipinski definition) is 3. The van der Waals surface area contributed by atoms with E-state index in [0.717, 1.165) is 25.0 Å². The van der Waals surface area contributed by atoms with Crippen LogP contribution in [-0.4, -0.2) is 23.4 Å². The Hall–Kier alpha value is -0.670. The third-order valence-electron chi connectivity index (χ3n) is 3.38. The molecule has 0 spiro atoms. The number of rotatable bonds is 4. The molecule has 1 saturated carbocycles. The highest BCUT2D eigenvalue weighted by Gasteiger charge is 2.26. The van der Waals surface area contributed by atoms with Gasteiger partial charge in [-0.05, 0) is 30.7 Å². The fourth-order valence-electron chi connectivity index (χ4n) is 2.51. The average molecular weight is 252 g/mol. The normalized spacial score (nSPS) is 24.6. The van der Waals surface area contributed by atoms with Crippen LogP contribution in [0.2, 0.25) is 0 Å². The SMILES string of the molecule is CSCOc1ccccc1[C@@H]1CCCC[C@H]1O. The van der Waals surface area contributed by atoms with Gasteiger partial charge in [0.2, 0.25) is 0 Å². The summed E-state index contributed by atoms with van der Waals surface area (Å²) >= 11 is 1.67. The predicted octanol–water partition coefficient (Wildman–Crippen LogP) is 3.40. The summed E-state index contributed by atoms with van der Waals surface area (Å²) in [6, 6.07) is 8.12. The first kappa shape index (κ1) is 12.8. The third-order valence-corrected chi connectivity index (χ3v) is 3.73. The second-order valence-electron chi connectivity index (χ2n) is 4.55. The molecule has 0 aromatic heterocycles. The number of thioether (sulfide) groups is 1. The van der Waals surface area contributed by atoms with Crippen LogP contribution in [0.1, 0.15) is 37.2 Å². The van der Waals surface area contributed by atoms with Crippen LogP contribution in [0, 0.1) is 0 Å². The van der Waals surface area contributed by atoms with E-state index < -0.39 is 0 Å². The molecule has 1 aliphatic rings. The quantitative estimate of drug-likeness (QED) is 0.833. The number of para-hydroxylation sites is 1. The Morgan fingerprint density at radius 2 is 2.06 bits per heavy atom. The van der Waals surface area contributed by atoms with E-state index in [1.165, 1.54) is 12.0 Å². The van der Waals surface area contributed by atoms with Gasteiger partial charge in [-0.15, -0.1) is 11.8 Å². The second kappa shape index (κ2) is 6.31. The Morgan fingerprint density at radius 1 is 1.29 bits per heavy atom. The molecule has 1 aromatic rings. The van der Waals surface area contributed by atoms with Gasteiger partial charge in [-0.2, -0.15) is 0 Å². The van der Waals surface area contributed by atoms with Gasteiger partial charge in [-0.1, -0.05) is 31.0 Å². The number of aliphatic hydroxyl groups is 1. The van der Waals surface area contributed by atoms with E-state index in [9.17, 15) is 5.11 Å². The van der Waals surface area contributed by atoms with Crippen molar-refractivity contribution in [1.29, 1.82) is 0 Å². The minimum atomic E-state index is -0.206. The lowest BCUT2D eigenvalue weighted by Crippen LogP contribution is -2.23. The van der Waals surface area contributed by atoms with Crippen LogP contribution in [0.5, 0.6) is 5.75 Å². The molecule has 2 rings (SSSR count). The largest absolute Gasteiger partial charge is 0.483 e. The Bertz CT molecular complexity index is 354. The van der Waals surface area contributed by atoms with Crippen molar-refractivity contribution in [3.05, 3.63) is 29.8 Å². The molecule has 17 heavy (non-hydrogen) atoms. The van der Waals surface area contributed by atoms with Crippen molar-refractivity contribution in [2.75, 3.05) is 12.2 Å². The van der Waals surface area contributed by atoms with Gasteiger partial charge in [-0.3, -0.25) is 0 Å². The third kappa shape index (κ3) is 3.17. The van der Waals surface area contributed by atoms with Gasteiger partial charge in [0.05, 0.1) is 6.10 Å². The molecule has 0 bridgehead atoms. The van der Waals surface area contributed by atoms with E-state index in [-0.39, 0.29) is 12.0 Å². The zero-order valence-electron chi connectivity index (χ0n) is 10.3. The molecular weight excluding hydrogens is 232 g/mol. The number of benzene rings is 1. The highest BCUT2D eigenvalue weighted by molar-refractivity contribution is 7.98. The molecule has 0 heterocycles. The first-order valence-electron chi connectivity index (χ1n) is 6.21. The molecule has 3 heteroatoms. The molecule has 0 aliphatic heterocycles. The van der Waals surface area contributed by atoms with Crippen molar-refractivity contribution in [3.8, 4) is 5.75 Å². The number of ether oxygens (including phenoxy) is 1. The van der Waals surface area contributed by atoms with Crippen molar-refractivity contribution in [2.45, 2.75) is 37.7 Å². The van der Waals surface area contributed by atoms with Crippen molar-refractivity contribution in [1.82, 2.24) is 0 Å². The van der Waals surface area contributed by atoms with Crippen LogP contribution in [0.4, 0.5) is 0 Å². The molecular formula is C14H20O2S. The van der Waals surface area contributed by atoms with Crippen LogP contribution in [-0.2, 0) is 0 Å². The zero-order valence-corrected chi connectivity index (χ0v) is 11.1. The maximum absolute atomic E-state index is 10.1. The summed E-state index contributed by atoms with van der Waals surface area (Å²) in [4.78, 5) is 0. The zero-order chi connectivity index (χ0) is 12.1. The minimum Gasteiger partial charge on any atom is -0.483 e. The highest BCUT2D eigenvalue weighted by Crippen LogP contribution is 2.37. The second-order valence-corrected chi connectivity index (χ2v) is 5.36. The molecule has 0 unspecified atom stereocenters. The molecule has 2 atom stereocenters. The summed E-state index contributed by atoms with van der Waals surface area (Å²) in [5.74, 6) is 1.86. The van der Waals surface area contributed by atoms with Gasteiger partial charge < -0.3 is 9.84 Å². The lowest BCUT2D eigenvalue weighted by Gasteiger charge is -2.29. The van der Waals surface area contributed by atoms with Crippen molar-refractivity contribution >= 4 is 11.8 Å². The summed E-state index contributed by atoms with van der Waals surface area (Å²) in [5, 5.41) is 10.1. The molecule has 2 nitrogen and oxygen atoms in total. The monoisotopic (exact) mass is 252 g/mol. The Morgan fingerprint density at radius 3 is 2.82 bits per heavy atom. The molecule has 94 valence electrons. The van der Waals surface area contributed by atoms with Gasteiger partial charge in [0.15, 0.2) is 0 Å². The predicted molar refractivity (Wildman–Crippen MR) is 72.7 cm³/mol. The molecule has 1 fully saturated rings. The number of hydrogen-bond donors (Lipinski definition) is 1. The lowest BCUT2D eigenvalue weighted by atomic mass is 9.81. The van der Waals surface area contributed by atoms with E-state index >= 15 is 0 Å². The molecule has 1 aromatic carbocycles. The van der Waals surface area contributed by atoms with Gasteiger partial charge >= 0.3 is 0 Å². The fourth-order valence-corrected chi connectivity index (χ4v) is 2.76. The Balaban J connectivity index is 2.17. The lowest BCUT2D eigenvalue weighted by molar-refractivity contribution is 0.105. The first-order valence-corrected chi connectivity index (χ1v) is 7.61. The summed E-state index contributed by atoms with van der Waals surface area (Å²) in [6.45, 7) is 0. The summed E-state index contributed by atoms with van der Waals surface area (Å²) in [5.41, 5.74) is 1.17. The molecule has 1 N–H and O–H groups in total. The van der Waals surface area contributed by atoms with E-state index in [4.69, 9.17) is 4.74 Å². The maximum Gasteiger partial charge on any atom is 0.133 e. The Labute approximate surface area is 107 Å². The van der Waals surface area contributed by atoms with Crippen LogP contribution >= 0.6 is 11.8 Å². The highest BCUT2D eigenvalue weighted by atomic mass is 32.2. The molecule has 0 radical (unpaired) electrons.